The highest BCUT2D eigenvalue weighted by molar-refractivity contribution is 7.92. The van der Waals surface area contributed by atoms with Crippen LogP contribution >= 0.6 is 0 Å². The van der Waals surface area contributed by atoms with Gasteiger partial charge in [-0.25, -0.2) is 8.42 Å². The smallest absolute Gasteiger partial charge is 0.238 e. The summed E-state index contributed by atoms with van der Waals surface area (Å²) in [4.78, 5) is 11.8. The van der Waals surface area contributed by atoms with Crippen molar-refractivity contribution < 1.29 is 18.4 Å². The SMILES string of the molecule is CC(NC(=O)C1CCCCS1(=O)=O)C(N)=NO. The van der Waals surface area contributed by atoms with E-state index in [1.165, 1.54) is 6.92 Å². The van der Waals surface area contributed by atoms with E-state index >= 15 is 0 Å². The van der Waals surface area contributed by atoms with E-state index in [9.17, 15) is 13.2 Å². The van der Waals surface area contributed by atoms with E-state index in [4.69, 9.17) is 10.9 Å². The Kier molecular flexibility index (Phi) is 4.33. The van der Waals surface area contributed by atoms with Crippen LogP contribution in [0.2, 0.25) is 0 Å². The summed E-state index contributed by atoms with van der Waals surface area (Å²) < 4.78 is 23.3. The van der Waals surface area contributed by atoms with Crippen molar-refractivity contribution in [2.75, 3.05) is 5.75 Å². The molecule has 0 bridgehead atoms. The lowest BCUT2D eigenvalue weighted by Crippen LogP contribution is -2.49. The normalized spacial score (nSPS) is 26.2. The minimum Gasteiger partial charge on any atom is -0.409 e. The number of hydrogen-bond acceptors (Lipinski definition) is 5. The van der Waals surface area contributed by atoms with Crippen molar-refractivity contribution >= 4 is 21.6 Å². The number of sulfone groups is 1. The lowest BCUT2D eigenvalue weighted by atomic mass is 10.1. The van der Waals surface area contributed by atoms with Crippen LogP contribution in [0.5, 0.6) is 0 Å². The van der Waals surface area contributed by atoms with Gasteiger partial charge >= 0.3 is 0 Å². The Morgan fingerprint density at radius 1 is 1.53 bits per heavy atom. The average Bonchev–Trinajstić information content (AvgIpc) is 2.26. The fourth-order valence-corrected chi connectivity index (χ4v) is 3.53. The molecule has 1 amide bonds. The maximum absolute atomic E-state index is 11.8. The molecule has 0 spiro atoms. The van der Waals surface area contributed by atoms with Crippen LogP contribution in [0, 0.1) is 0 Å². The highest BCUT2D eigenvalue weighted by atomic mass is 32.2. The van der Waals surface area contributed by atoms with Gasteiger partial charge in [0, 0.05) is 0 Å². The Morgan fingerprint density at radius 3 is 2.71 bits per heavy atom. The topological polar surface area (TPSA) is 122 Å². The van der Waals surface area contributed by atoms with Gasteiger partial charge in [0.1, 0.15) is 5.25 Å². The van der Waals surface area contributed by atoms with Gasteiger partial charge < -0.3 is 16.3 Å². The summed E-state index contributed by atoms with van der Waals surface area (Å²) in [7, 11) is -3.36. The Balaban J connectivity index is 2.70. The number of carbonyl (C=O) groups is 1. The molecule has 0 aromatic heterocycles. The summed E-state index contributed by atoms with van der Waals surface area (Å²) in [6, 6.07) is -0.690. The van der Waals surface area contributed by atoms with Gasteiger partial charge in [-0.3, -0.25) is 4.79 Å². The summed E-state index contributed by atoms with van der Waals surface area (Å²) in [5, 5.41) is 12.6. The van der Waals surface area contributed by atoms with Crippen molar-refractivity contribution in [1.82, 2.24) is 5.32 Å². The first-order chi connectivity index (χ1) is 7.88. The van der Waals surface area contributed by atoms with Crippen LogP contribution in [0.15, 0.2) is 5.16 Å². The van der Waals surface area contributed by atoms with E-state index in [0.717, 1.165) is 6.42 Å². The molecule has 1 aliphatic heterocycles. The van der Waals surface area contributed by atoms with Gasteiger partial charge in [0.2, 0.25) is 5.91 Å². The largest absolute Gasteiger partial charge is 0.409 e. The first kappa shape index (κ1) is 13.8. The summed E-state index contributed by atoms with van der Waals surface area (Å²) in [5.41, 5.74) is 5.30. The second kappa shape index (κ2) is 5.35. The maximum Gasteiger partial charge on any atom is 0.238 e. The average molecular weight is 263 g/mol. The van der Waals surface area contributed by atoms with Gasteiger partial charge in [0.15, 0.2) is 15.7 Å². The third kappa shape index (κ3) is 3.32. The molecule has 0 radical (unpaired) electrons. The van der Waals surface area contributed by atoms with Gasteiger partial charge in [-0.05, 0) is 19.8 Å². The minimum absolute atomic E-state index is 0.0447. The molecule has 7 nitrogen and oxygen atoms in total. The fourth-order valence-electron chi connectivity index (χ4n) is 1.72. The Morgan fingerprint density at radius 2 is 2.18 bits per heavy atom. The standard InChI is InChI=1S/C9H17N3O4S/c1-6(8(10)12-14)11-9(13)7-4-2-3-5-17(7,15)16/h6-7,14H,2-5H2,1H3,(H2,10,12)(H,11,13). The van der Waals surface area contributed by atoms with Crippen molar-refractivity contribution in [3.8, 4) is 0 Å². The molecule has 0 aromatic carbocycles. The van der Waals surface area contributed by atoms with E-state index in [0.29, 0.717) is 12.8 Å². The first-order valence-electron chi connectivity index (χ1n) is 5.38. The molecule has 0 saturated carbocycles. The monoisotopic (exact) mass is 263 g/mol. The zero-order valence-corrected chi connectivity index (χ0v) is 10.4. The van der Waals surface area contributed by atoms with Gasteiger partial charge in [-0.2, -0.15) is 0 Å². The fraction of sp³-hybridized carbons (Fsp3) is 0.778. The molecular formula is C9H17N3O4S. The number of rotatable bonds is 3. The minimum atomic E-state index is -3.36. The second-order valence-corrected chi connectivity index (χ2v) is 6.41. The van der Waals surface area contributed by atoms with Gasteiger partial charge in [-0.15, -0.1) is 0 Å². The molecule has 2 unspecified atom stereocenters. The van der Waals surface area contributed by atoms with Gasteiger partial charge in [0.25, 0.3) is 0 Å². The zero-order valence-electron chi connectivity index (χ0n) is 9.59. The molecule has 0 aromatic rings. The third-order valence-corrected chi connectivity index (χ3v) is 4.96. The zero-order chi connectivity index (χ0) is 13.1. The van der Waals surface area contributed by atoms with Crippen LogP contribution in [-0.4, -0.2) is 42.4 Å². The van der Waals surface area contributed by atoms with Gasteiger partial charge in [0.05, 0.1) is 11.8 Å². The van der Waals surface area contributed by atoms with Crippen molar-refractivity contribution in [2.45, 2.75) is 37.5 Å². The van der Waals surface area contributed by atoms with E-state index < -0.39 is 27.0 Å². The molecule has 1 aliphatic rings. The predicted octanol–water partition coefficient (Wildman–Crippen LogP) is -0.795. The van der Waals surface area contributed by atoms with Crippen molar-refractivity contribution in [1.29, 1.82) is 0 Å². The quantitative estimate of drug-likeness (QED) is 0.266. The number of hydrogen-bond donors (Lipinski definition) is 3. The van der Waals surface area contributed by atoms with Crippen LogP contribution in [0.1, 0.15) is 26.2 Å². The number of oxime groups is 1. The lowest BCUT2D eigenvalue weighted by molar-refractivity contribution is -0.121. The Hall–Kier alpha value is -1.31. The molecule has 1 fully saturated rings. The number of nitrogens with two attached hydrogens (primary N) is 1. The molecule has 0 aliphatic carbocycles. The summed E-state index contributed by atoms with van der Waals surface area (Å²) in [6.45, 7) is 1.52. The van der Waals surface area contributed by atoms with Crippen molar-refractivity contribution in [3.63, 3.8) is 0 Å². The molecule has 1 heterocycles. The van der Waals surface area contributed by atoms with Crippen LogP contribution in [0.3, 0.4) is 0 Å². The van der Waals surface area contributed by atoms with Crippen LogP contribution in [0.25, 0.3) is 0 Å². The summed E-state index contributed by atoms with van der Waals surface area (Å²) in [5.74, 6) is -0.696. The number of carbonyl (C=O) groups excluding carboxylic acids is 1. The number of nitrogens with zero attached hydrogens (tertiary/aromatic N) is 1. The highest BCUT2D eigenvalue weighted by Gasteiger charge is 2.35. The first-order valence-corrected chi connectivity index (χ1v) is 7.09. The summed E-state index contributed by atoms with van der Waals surface area (Å²) >= 11 is 0. The molecular weight excluding hydrogens is 246 g/mol. The van der Waals surface area contributed by atoms with E-state index in [2.05, 4.69) is 10.5 Å². The van der Waals surface area contributed by atoms with Crippen LogP contribution < -0.4 is 11.1 Å². The molecule has 1 rings (SSSR count). The Labute approximate surface area is 100.0 Å². The van der Waals surface area contributed by atoms with E-state index in [1.54, 1.807) is 0 Å². The molecule has 98 valence electrons. The van der Waals surface area contributed by atoms with E-state index in [1.807, 2.05) is 0 Å². The van der Waals surface area contributed by atoms with E-state index in [-0.39, 0.29) is 11.6 Å². The second-order valence-electron chi connectivity index (χ2n) is 4.11. The molecule has 8 heteroatoms. The predicted molar refractivity (Wildman–Crippen MR) is 62.4 cm³/mol. The summed E-state index contributed by atoms with van der Waals surface area (Å²) in [6.07, 6.45) is 1.65. The van der Waals surface area contributed by atoms with Crippen LogP contribution in [0.4, 0.5) is 0 Å². The van der Waals surface area contributed by atoms with Gasteiger partial charge in [-0.1, -0.05) is 11.6 Å². The number of amidine groups is 1. The molecule has 2 atom stereocenters. The number of amides is 1. The molecule has 4 N–H and O–H groups in total. The highest BCUT2D eigenvalue weighted by Crippen LogP contribution is 2.19. The van der Waals surface area contributed by atoms with Crippen LogP contribution in [-0.2, 0) is 14.6 Å². The molecule has 1 saturated heterocycles. The number of nitrogens with one attached hydrogen (secondary N) is 1. The van der Waals surface area contributed by atoms with Crippen molar-refractivity contribution in [2.24, 2.45) is 10.9 Å². The lowest BCUT2D eigenvalue weighted by Gasteiger charge is -2.23. The van der Waals surface area contributed by atoms with Crippen molar-refractivity contribution in [3.05, 3.63) is 0 Å². The Bertz CT molecular complexity index is 418. The molecule has 17 heavy (non-hydrogen) atoms. The maximum atomic E-state index is 11.8. The third-order valence-electron chi connectivity index (χ3n) is 2.79.